The van der Waals surface area contributed by atoms with E-state index in [9.17, 15) is 4.79 Å². The fourth-order valence-corrected chi connectivity index (χ4v) is 3.21. The number of hydrogen-bond acceptors (Lipinski definition) is 5. The van der Waals surface area contributed by atoms with Crippen LogP contribution in [0.3, 0.4) is 0 Å². The van der Waals surface area contributed by atoms with Gasteiger partial charge in [-0.1, -0.05) is 24.3 Å². The summed E-state index contributed by atoms with van der Waals surface area (Å²) in [4.78, 5) is 25.8. The Kier molecular flexibility index (Phi) is 4.84. The van der Waals surface area contributed by atoms with E-state index in [0.29, 0.717) is 18.8 Å². The molecule has 0 bridgehead atoms. The Hall–Kier alpha value is -2.86. The molecule has 1 fully saturated rings. The van der Waals surface area contributed by atoms with Crippen LogP contribution in [0.2, 0.25) is 0 Å². The van der Waals surface area contributed by atoms with E-state index >= 15 is 0 Å². The largest absolute Gasteiger partial charge is 0.381 e. The van der Waals surface area contributed by atoms with Gasteiger partial charge in [0.05, 0.1) is 18.8 Å². The SMILES string of the molecule is O=C(NCc1ccnc(C2CCCOC2)n1)c1nccc2ccccc12. The first kappa shape index (κ1) is 16.6. The fourth-order valence-electron chi connectivity index (χ4n) is 3.21. The first-order valence-corrected chi connectivity index (χ1v) is 8.83. The second-order valence-corrected chi connectivity index (χ2v) is 6.38. The molecule has 6 nitrogen and oxygen atoms in total. The van der Waals surface area contributed by atoms with Crippen molar-refractivity contribution in [3.05, 3.63) is 66.0 Å². The molecular weight excluding hydrogens is 328 g/mol. The molecule has 26 heavy (non-hydrogen) atoms. The molecule has 1 aliphatic heterocycles. The van der Waals surface area contributed by atoms with Crippen molar-refractivity contribution in [1.29, 1.82) is 0 Å². The topological polar surface area (TPSA) is 77.0 Å². The number of aromatic nitrogens is 3. The Labute approximate surface area is 151 Å². The number of benzene rings is 1. The van der Waals surface area contributed by atoms with Crippen LogP contribution in [0, 0.1) is 0 Å². The molecule has 1 unspecified atom stereocenters. The van der Waals surface area contributed by atoms with Gasteiger partial charge in [0, 0.05) is 30.3 Å². The van der Waals surface area contributed by atoms with Crippen molar-refractivity contribution >= 4 is 16.7 Å². The Morgan fingerprint density at radius 1 is 1.15 bits per heavy atom. The van der Waals surface area contributed by atoms with E-state index < -0.39 is 0 Å². The number of nitrogens with one attached hydrogen (secondary N) is 1. The number of ether oxygens (including phenoxy) is 1. The molecule has 0 spiro atoms. The molecule has 1 amide bonds. The zero-order valence-electron chi connectivity index (χ0n) is 14.4. The average Bonchev–Trinajstić information content (AvgIpc) is 2.72. The van der Waals surface area contributed by atoms with Crippen LogP contribution in [0.15, 0.2) is 48.8 Å². The smallest absolute Gasteiger partial charge is 0.270 e. The van der Waals surface area contributed by atoms with E-state index in [1.807, 2.05) is 36.4 Å². The van der Waals surface area contributed by atoms with E-state index in [2.05, 4.69) is 20.3 Å². The maximum absolute atomic E-state index is 12.6. The fraction of sp³-hybridized carbons (Fsp3) is 0.300. The van der Waals surface area contributed by atoms with E-state index in [-0.39, 0.29) is 11.8 Å². The summed E-state index contributed by atoms with van der Waals surface area (Å²) in [6.07, 6.45) is 5.47. The third-order valence-corrected chi connectivity index (χ3v) is 4.58. The van der Waals surface area contributed by atoms with Gasteiger partial charge in [-0.3, -0.25) is 9.78 Å². The van der Waals surface area contributed by atoms with Crippen molar-refractivity contribution in [2.75, 3.05) is 13.2 Å². The lowest BCUT2D eigenvalue weighted by atomic mass is 10.0. The molecule has 1 aliphatic rings. The van der Waals surface area contributed by atoms with Crippen molar-refractivity contribution in [3.8, 4) is 0 Å². The summed E-state index contributed by atoms with van der Waals surface area (Å²) in [5.74, 6) is 0.821. The van der Waals surface area contributed by atoms with Crippen LogP contribution in [0.1, 0.15) is 40.8 Å². The van der Waals surface area contributed by atoms with E-state index in [0.717, 1.165) is 41.7 Å². The number of fused-ring (bicyclic) bond motifs is 1. The summed E-state index contributed by atoms with van der Waals surface area (Å²) in [5.41, 5.74) is 1.22. The van der Waals surface area contributed by atoms with Crippen LogP contribution in [0.4, 0.5) is 0 Å². The van der Waals surface area contributed by atoms with Crippen molar-refractivity contribution in [1.82, 2.24) is 20.3 Å². The first-order chi connectivity index (χ1) is 12.8. The second kappa shape index (κ2) is 7.58. The van der Waals surface area contributed by atoms with E-state index in [1.54, 1.807) is 12.4 Å². The summed E-state index contributed by atoms with van der Waals surface area (Å²) < 4.78 is 5.52. The van der Waals surface area contributed by atoms with Crippen molar-refractivity contribution < 1.29 is 9.53 Å². The first-order valence-electron chi connectivity index (χ1n) is 8.83. The van der Waals surface area contributed by atoms with Crippen molar-refractivity contribution in [2.45, 2.75) is 25.3 Å². The summed E-state index contributed by atoms with van der Waals surface area (Å²) in [5, 5.41) is 4.75. The number of rotatable bonds is 4. The van der Waals surface area contributed by atoms with E-state index in [4.69, 9.17) is 4.74 Å². The monoisotopic (exact) mass is 348 g/mol. The normalized spacial score (nSPS) is 17.2. The van der Waals surface area contributed by atoms with Crippen LogP contribution in [0.25, 0.3) is 10.8 Å². The van der Waals surface area contributed by atoms with Crippen molar-refractivity contribution in [2.24, 2.45) is 0 Å². The minimum atomic E-state index is -0.206. The van der Waals surface area contributed by atoms with Crippen LogP contribution < -0.4 is 5.32 Å². The molecule has 4 rings (SSSR count). The highest BCUT2D eigenvalue weighted by Gasteiger charge is 2.19. The van der Waals surface area contributed by atoms with Crippen LogP contribution >= 0.6 is 0 Å². The van der Waals surface area contributed by atoms with Crippen molar-refractivity contribution in [3.63, 3.8) is 0 Å². The molecule has 3 heterocycles. The van der Waals surface area contributed by atoms with Gasteiger partial charge >= 0.3 is 0 Å². The highest BCUT2D eigenvalue weighted by Crippen LogP contribution is 2.22. The standard InChI is InChI=1S/C20H20N4O2/c25-20(18-17-6-2-1-4-14(17)7-9-21-18)23-12-16-8-10-22-19(24-16)15-5-3-11-26-13-15/h1-2,4,6-10,15H,3,5,11-13H2,(H,23,25). The van der Waals surface area contributed by atoms with Gasteiger partial charge in [0.2, 0.25) is 0 Å². The highest BCUT2D eigenvalue weighted by atomic mass is 16.5. The Balaban J connectivity index is 1.47. The molecule has 6 heteroatoms. The highest BCUT2D eigenvalue weighted by molar-refractivity contribution is 6.05. The average molecular weight is 348 g/mol. The van der Waals surface area contributed by atoms with Crippen LogP contribution in [-0.2, 0) is 11.3 Å². The number of amides is 1. The molecule has 0 radical (unpaired) electrons. The van der Waals surface area contributed by atoms with Gasteiger partial charge < -0.3 is 10.1 Å². The molecule has 2 aromatic heterocycles. The van der Waals surface area contributed by atoms with Crippen LogP contribution in [0.5, 0.6) is 0 Å². The quantitative estimate of drug-likeness (QED) is 0.784. The summed E-state index contributed by atoms with van der Waals surface area (Å²) in [6, 6.07) is 11.4. The number of carbonyl (C=O) groups excluding carboxylic acids is 1. The zero-order chi connectivity index (χ0) is 17.8. The molecule has 1 atom stereocenters. The zero-order valence-corrected chi connectivity index (χ0v) is 14.4. The number of nitrogens with zero attached hydrogens (tertiary/aromatic N) is 3. The van der Waals surface area contributed by atoms with Gasteiger partial charge in [-0.15, -0.1) is 0 Å². The number of pyridine rings is 1. The lowest BCUT2D eigenvalue weighted by Crippen LogP contribution is -2.25. The Morgan fingerprint density at radius 2 is 2.04 bits per heavy atom. The number of hydrogen-bond donors (Lipinski definition) is 1. The third kappa shape index (κ3) is 3.55. The van der Waals surface area contributed by atoms with Gasteiger partial charge in [-0.2, -0.15) is 0 Å². The van der Waals surface area contributed by atoms with Gasteiger partial charge in [0.25, 0.3) is 5.91 Å². The molecular formula is C20H20N4O2. The van der Waals surface area contributed by atoms with Crippen LogP contribution in [-0.4, -0.2) is 34.1 Å². The maximum atomic E-state index is 12.6. The predicted octanol–water partition coefficient (Wildman–Crippen LogP) is 2.85. The van der Waals surface area contributed by atoms with Gasteiger partial charge in [-0.05, 0) is 30.4 Å². The molecule has 3 aromatic rings. The number of carbonyl (C=O) groups is 1. The lowest BCUT2D eigenvalue weighted by molar-refractivity contribution is 0.0779. The second-order valence-electron chi connectivity index (χ2n) is 6.38. The Bertz CT molecular complexity index is 917. The minimum Gasteiger partial charge on any atom is -0.381 e. The Morgan fingerprint density at radius 3 is 2.92 bits per heavy atom. The van der Waals surface area contributed by atoms with Gasteiger partial charge in [-0.25, -0.2) is 9.97 Å². The minimum absolute atomic E-state index is 0.206. The maximum Gasteiger partial charge on any atom is 0.270 e. The molecule has 1 aromatic carbocycles. The summed E-state index contributed by atoms with van der Waals surface area (Å²) in [6.45, 7) is 1.81. The molecule has 132 valence electrons. The molecule has 0 aliphatic carbocycles. The predicted molar refractivity (Wildman–Crippen MR) is 97.7 cm³/mol. The van der Waals surface area contributed by atoms with E-state index in [1.165, 1.54) is 0 Å². The van der Waals surface area contributed by atoms with Gasteiger partial charge in [0.1, 0.15) is 11.5 Å². The molecule has 1 N–H and O–H groups in total. The lowest BCUT2D eigenvalue weighted by Gasteiger charge is -2.20. The molecule has 1 saturated heterocycles. The van der Waals surface area contributed by atoms with Gasteiger partial charge in [0.15, 0.2) is 0 Å². The molecule has 0 saturated carbocycles. The third-order valence-electron chi connectivity index (χ3n) is 4.58. The summed E-state index contributed by atoms with van der Waals surface area (Å²) >= 11 is 0. The summed E-state index contributed by atoms with van der Waals surface area (Å²) in [7, 11) is 0.